The lowest BCUT2D eigenvalue weighted by Crippen LogP contribution is -2.34. The van der Waals surface area contributed by atoms with Gasteiger partial charge in [0.2, 0.25) is 0 Å². The van der Waals surface area contributed by atoms with E-state index >= 15 is 0 Å². The molecule has 98 valence electrons. The summed E-state index contributed by atoms with van der Waals surface area (Å²) in [5, 5.41) is 8.86. The minimum absolute atomic E-state index is 0.112. The Morgan fingerprint density at radius 3 is 3.00 bits per heavy atom. The van der Waals surface area contributed by atoms with Crippen molar-refractivity contribution in [2.45, 2.75) is 12.5 Å². The third kappa shape index (κ3) is 2.54. The van der Waals surface area contributed by atoms with Crippen molar-refractivity contribution in [3.8, 4) is 0 Å². The average Bonchev–Trinajstić information content (AvgIpc) is 2.81. The number of aliphatic hydroxyl groups is 1. The number of H-pyrrole nitrogens is 1. The van der Waals surface area contributed by atoms with Crippen LogP contribution < -0.4 is 11.2 Å². The second kappa shape index (κ2) is 5.49. The van der Waals surface area contributed by atoms with E-state index in [9.17, 15) is 9.59 Å². The normalized spacial score (nSPS) is 23.9. The van der Waals surface area contributed by atoms with Crippen LogP contribution in [-0.4, -0.2) is 34.2 Å². The Kier molecular flexibility index (Phi) is 3.97. The Bertz CT molecular complexity index is 564. The van der Waals surface area contributed by atoms with E-state index in [-0.39, 0.29) is 18.8 Å². The molecule has 2 atom stereocenters. The first-order valence-corrected chi connectivity index (χ1v) is 5.59. The fourth-order valence-electron chi connectivity index (χ4n) is 1.59. The van der Waals surface area contributed by atoms with Crippen molar-refractivity contribution < 1.29 is 14.6 Å². The number of nitrogens with one attached hydrogen (secondary N) is 1. The predicted molar refractivity (Wildman–Crippen MR) is 63.2 cm³/mol. The summed E-state index contributed by atoms with van der Waals surface area (Å²) in [6.45, 7) is -0.190. The maximum absolute atomic E-state index is 11.6. The standard InChI is InChI=1S/C10H11ClN2O5/c11-2-1-6-3-13(10(16)12-9(6)15)7-5-17-8(4-14)18-7/h1-3,7-8,14H,4-5H2,(H,12,15,16)/b2-1+. The molecule has 8 heteroatoms. The molecule has 7 nitrogen and oxygen atoms in total. The molecule has 1 aromatic rings. The molecule has 2 heterocycles. The molecule has 1 aromatic heterocycles. The number of aromatic amines is 1. The van der Waals surface area contributed by atoms with Crippen molar-refractivity contribution in [1.82, 2.24) is 9.55 Å². The lowest BCUT2D eigenvalue weighted by Gasteiger charge is -2.12. The number of hydrogen-bond donors (Lipinski definition) is 2. The highest BCUT2D eigenvalue weighted by Gasteiger charge is 2.27. The number of aromatic nitrogens is 2. The number of aliphatic hydroxyl groups excluding tert-OH is 1. The van der Waals surface area contributed by atoms with E-state index in [1.807, 2.05) is 0 Å². The topological polar surface area (TPSA) is 93.6 Å². The number of nitrogens with zero attached hydrogens (tertiary/aromatic N) is 1. The molecule has 0 aliphatic carbocycles. The van der Waals surface area contributed by atoms with Gasteiger partial charge in [0.05, 0.1) is 18.8 Å². The van der Waals surface area contributed by atoms with E-state index in [4.69, 9.17) is 26.2 Å². The zero-order valence-corrected chi connectivity index (χ0v) is 9.96. The van der Waals surface area contributed by atoms with Gasteiger partial charge in [-0.25, -0.2) is 4.79 Å². The molecule has 0 aromatic carbocycles. The van der Waals surface area contributed by atoms with Crippen LogP contribution in [0.5, 0.6) is 0 Å². The molecule has 0 radical (unpaired) electrons. The maximum Gasteiger partial charge on any atom is 0.330 e. The first-order chi connectivity index (χ1) is 8.65. The minimum Gasteiger partial charge on any atom is -0.391 e. The van der Waals surface area contributed by atoms with Gasteiger partial charge in [-0.15, -0.1) is 0 Å². The highest BCUT2D eigenvalue weighted by atomic mass is 35.5. The van der Waals surface area contributed by atoms with Gasteiger partial charge in [0.15, 0.2) is 12.5 Å². The molecule has 2 rings (SSSR count). The summed E-state index contributed by atoms with van der Waals surface area (Å²) in [7, 11) is 0. The van der Waals surface area contributed by atoms with E-state index in [0.29, 0.717) is 0 Å². The lowest BCUT2D eigenvalue weighted by molar-refractivity contribution is -0.0993. The fraction of sp³-hybridized carbons (Fsp3) is 0.400. The van der Waals surface area contributed by atoms with Crippen LogP contribution in [0.25, 0.3) is 6.08 Å². The van der Waals surface area contributed by atoms with Crippen molar-refractivity contribution in [3.63, 3.8) is 0 Å². The third-order valence-corrected chi connectivity index (χ3v) is 2.56. The first kappa shape index (κ1) is 13.0. The lowest BCUT2D eigenvalue weighted by atomic mass is 10.3. The highest BCUT2D eigenvalue weighted by molar-refractivity contribution is 6.27. The number of halogens is 1. The van der Waals surface area contributed by atoms with Gasteiger partial charge in [-0.3, -0.25) is 14.3 Å². The molecule has 1 aliphatic heterocycles. The fourth-order valence-corrected chi connectivity index (χ4v) is 1.72. The van der Waals surface area contributed by atoms with Crippen molar-refractivity contribution >= 4 is 17.7 Å². The molecule has 0 amide bonds. The maximum atomic E-state index is 11.6. The molecule has 2 N–H and O–H groups in total. The SMILES string of the molecule is O=c1[nH]c(=O)n(C2COC(CO)O2)cc1/C=C/Cl. The first-order valence-electron chi connectivity index (χ1n) is 5.16. The van der Waals surface area contributed by atoms with Crippen LogP contribution in [0.2, 0.25) is 0 Å². The van der Waals surface area contributed by atoms with Gasteiger partial charge in [-0.2, -0.15) is 0 Å². The van der Waals surface area contributed by atoms with Gasteiger partial charge < -0.3 is 14.6 Å². The third-order valence-electron chi connectivity index (χ3n) is 2.43. The van der Waals surface area contributed by atoms with Crippen LogP contribution in [-0.2, 0) is 9.47 Å². The van der Waals surface area contributed by atoms with Gasteiger partial charge in [0.25, 0.3) is 5.56 Å². The van der Waals surface area contributed by atoms with Crippen molar-refractivity contribution in [3.05, 3.63) is 38.1 Å². The van der Waals surface area contributed by atoms with Gasteiger partial charge in [0, 0.05) is 11.7 Å². The Hall–Kier alpha value is -1.41. The summed E-state index contributed by atoms with van der Waals surface area (Å²) in [4.78, 5) is 25.2. The molecule has 2 unspecified atom stereocenters. The van der Waals surface area contributed by atoms with Gasteiger partial charge >= 0.3 is 5.69 Å². The van der Waals surface area contributed by atoms with E-state index in [2.05, 4.69) is 4.98 Å². The van der Waals surface area contributed by atoms with E-state index < -0.39 is 23.8 Å². The highest BCUT2D eigenvalue weighted by Crippen LogP contribution is 2.18. The van der Waals surface area contributed by atoms with Gasteiger partial charge in [0.1, 0.15) is 0 Å². The summed E-state index contributed by atoms with van der Waals surface area (Å²) in [5.74, 6) is 0. The predicted octanol–water partition coefficient (Wildman–Crippen LogP) is -0.390. The van der Waals surface area contributed by atoms with Crippen LogP contribution in [0.15, 0.2) is 21.3 Å². The van der Waals surface area contributed by atoms with Crippen molar-refractivity contribution in [1.29, 1.82) is 0 Å². The van der Waals surface area contributed by atoms with Crippen LogP contribution >= 0.6 is 11.6 Å². The van der Waals surface area contributed by atoms with Crippen LogP contribution in [0.4, 0.5) is 0 Å². The summed E-state index contributed by atoms with van der Waals surface area (Å²) >= 11 is 5.40. The molecule has 1 fully saturated rings. The molecular formula is C10H11ClN2O5. The minimum atomic E-state index is -0.763. The molecule has 0 spiro atoms. The zero-order valence-electron chi connectivity index (χ0n) is 9.21. The summed E-state index contributed by atoms with van der Waals surface area (Å²) < 4.78 is 11.5. The number of ether oxygens (including phenoxy) is 2. The molecule has 18 heavy (non-hydrogen) atoms. The monoisotopic (exact) mass is 274 g/mol. The Morgan fingerprint density at radius 1 is 1.61 bits per heavy atom. The van der Waals surface area contributed by atoms with E-state index in [0.717, 1.165) is 0 Å². The van der Waals surface area contributed by atoms with Crippen LogP contribution in [0.1, 0.15) is 11.8 Å². The largest absolute Gasteiger partial charge is 0.391 e. The number of hydrogen-bond acceptors (Lipinski definition) is 5. The number of rotatable bonds is 3. The zero-order chi connectivity index (χ0) is 13.1. The Morgan fingerprint density at radius 2 is 2.39 bits per heavy atom. The van der Waals surface area contributed by atoms with Gasteiger partial charge in [-0.05, 0) is 6.08 Å². The average molecular weight is 275 g/mol. The van der Waals surface area contributed by atoms with Crippen molar-refractivity contribution in [2.75, 3.05) is 13.2 Å². The summed E-state index contributed by atoms with van der Waals surface area (Å²) in [6, 6.07) is 0. The van der Waals surface area contributed by atoms with Gasteiger partial charge in [-0.1, -0.05) is 11.6 Å². The summed E-state index contributed by atoms with van der Waals surface area (Å²) in [6.07, 6.45) is 1.23. The molecule has 1 aliphatic rings. The Balaban J connectivity index is 2.36. The molecular weight excluding hydrogens is 264 g/mol. The smallest absolute Gasteiger partial charge is 0.330 e. The molecule has 1 saturated heterocycles. The van der Waals surface area contributed by atoms with E-state index in [1.165, 1.54) is 22.4 Å². The molecule has 0 bridgehead atoms. The summed E-state index contributed by atoms with van der Waals surface area (Å²) in [5.41, 5.74) is 0.243. The Labute approximate surface area is 106 Å². The second-order valence-corrected chi connectivity index (χ2v) is 3.83. The van der Waals surface area contributed by atoms with Crippen LogP contribution in [0.3, 0.4) is 0 Å². The van der Waals surface area contributed by atoms with E-state index in [1.54, 1.807) is 0 Å². The quantitative estimate of drug-likeness (QED) is 0.783. The second-order valence-electron chi connectivity index (χ2n) is 3.58. The van der Waals surface area contributed by atoms with Crippen molar-refractivity contribution in [2.24, 2.45) is 0 Å². The van der Waals surface area contributed by atoms with Crippen LogP contribution in [0, 0.1) is 0 Å². The molecule has 0 saturated carbocycles.